The number of hydrogen-bond donors (Lipinski definition) is 2. The topological polar surface area (TPSA) is 78.1 Å². The first-order valence-corrected chi connectivity index (χ1v) is 5.16. The van der Waals surface area contributed by atoms with Crippen molar-refractivity contribution in [1.82, 2.24) is 14.3 Å². The van der Waals surface area contributed by atoms with Crippen LogP contribution in [-0.2, 0) is 0 Å². The van der Waals surface area contributed by atoms with Crippen molar-refractivity contribution in [1.29, 1.82) is 0 Å². The van der Waals surface area contributed by atoms with E-state index in [9.17, 15) is 9.90 Å². The van der Waals surface area contributed by atoms with Crippen molar-refractivity contribution in [2.75, 3.05) is 20.2 Å². The van der Waals surface area contributed by atoms with E-state index in [0.717, 1.165) is 0 Å². The van der Waals surface area contributed by atoms with E-state index in [4.69, 9.17) is 5.11 Å². The molecule has 0 unspecified atom stereocenters. The SMILES string of the molecule is CN(CCO)C(=O)c1cn2cccc(O)c2n1. The Hall–Kier alpha value is -2.08. The first-order valence-electron chi connectivity index (χ1n) is 5.16. The van der Waals surface area contributed by atoms with Crippen LogP contribution < -0.4 is 0 Å². The van der Waals surface area contributed by atoms with E-state index >= 15 is 0 Å². The van der Waals surface area contributed by atoms with Crippen molar-refractivity contribution in [3.8, 4) is 5.75 Å². The first-order chi connectivity index (χ1) is 8.13. The molecule has 0 radical (unpaired) electrons. The van der Waals surface area contributed by atoms with Crippen molar-refractivity contribution in [2.45, 2.75) is 0 Å². The number of aromatic hydroxyl groups is 1. The molecule has 2 N–H and O–H groups in total. The van der Waals surface area contributed by atoms with Crippen LogP contribution in [0.4, 0.5) is 0 Å². The number of fused-ring (bicyclic) bond motifs is 1. The molecule has 0 spiro atoms. The molecule has 1 amide bonds. The molecule has 0 atom stereocenters. The molecule has 17 heavy (non-hydrogen) atoms. The minimum atomic E-state index is -0.290. The number of aliphatic hydroxyl groups excluding tert-OH is 1. The maximum Gasteiger partial charge on any atom is 0.273 e. The van der Waals surface area contributed by atoms with Gasteiger partial charge in [-0.2, -0.15) is 0 Å². The summed E-state index contributed by atoms with van der Waals surface area (Å²) in [5.74, 6) is -0.265. The number of nitrogens with zero attached hydrogens (tertiary/aromatic N) is 3. The molecule has 90 valence electrons. The van der Waals surface area contributed by atoms with Crippen molar-refractivity contribution in [3.05, 3.63) is 30.2 Å². The van der Waals surface area contributed by atoms with Gasteiger partial charge in [-0.25, -0.2) is 4.98 Å². The summed E-state index contributed by atoms with van der Waals surface area (Å²) < 4.78 is 1.58. The highest BCUT2D eigenvalue weighted by Crippen LogP contribution is 2.17. The Labute approximate surface area is 97.7 Å². The number of carbonyl (C=O) groups is 1. The van der Waals surface area contributed by atoms with Gasteiger partial charge in [0, 0.05) is 26.0 Å². The van der Waals surface area contributed by atoms with Crippen LogP contribution in [0.1, 0.15) is 10.5 Å². The Kier molecular flexibility index (Phi) is 2.97. The quantitative estimate of drug-likeness (QED) is 0.791. The fourth-order valence-corrected chi connectivity index (χ4v) is 1.55. The number of pyridine rings is 1. The highest BCUT2D eigenvalue weighted by molar-refractivity contribution is 5.93. The van der Waals surface area contributed by atoms with Gasteiger partial charge in [0.05, 0.1) is 6.61 Å². The lowest BCUT2D eigenvalue weighted by molar-refractivity contribution is 0.0762. The van der Waals surface area contributed by atoms with Gasteiger partial charge in [-0.05, 0) is 12.1 Å². The van der Waals surface area contributed by atoms with Crippen LogP contribution in [0.25, 0.3) is 5.65 Å². The fraction of sp³-hybridized carbons (Fsp3) is 0.273. The average Bonchev–Trinajstić information content (AvgIpc) is 2.73. The van der Waals surface area contributed by atoms with Crippen LogP contribution in [0, 0.1) is 0 Å². The molecule has 6 heteroatoms. The molecule has 0 fully saturated rings. The molecule has 0 saturated heterocycles. The Morgan fingerprint density at radius 1 is 1.59 bits per heavy atom. The van der Waals surface area contributed by atoms with Gasteiger partial charge in [-0.1, -0.05) is 0 Å². The zero-order valence-corrected chi connectivity index (χ0v) is 9.37. The lowest BCUT2D eigenvalue weighted by Crippen LogP contribution is -2.29. The highest BCUT2D eigenvalue weighted by Gasteiger charge is 2.15. The molecular weight excluding hydrogens is 222 g/mol. The zero-order chi connectivity index (χ0) is 12.4. The van der Waals surface area contributed by atoms with Crippen LogP contribution in [0.3, 0.4) is 0 Å². The van der Waals surface area contributed by atoms with Gasteiger partial charge in [-0.3, -0.25) is 4.79 Å². The summed E-state index contributed by atoms with van der Waals surface area (Å²) in [6.07, 6.45) is 3.25. The summed E-state index contributed by atoms with van der Waals surface area (Å²) in [6, 6.07) is 3.17. The lowest BCUT2D eigenvalue weighted by Gasteiger charge is -2.13. The summed E-state index contributed by atoms with van der Waals surface area (Å²) in [6.45, 7) is 0.152. The molecule has 2 aromatic rings. The van der Waals surface area contributed by atoms with Gasteiger partial charge in [0.1, 0.15) is 5.69 Å². The van der Waals surface area contributed by atoms with Crippen molar-refractivity contribution < 1.29 is 15.0 Å². The minimum absolute atomic E-state index is 0.0244. The van der Waals surface area contributed by atoms with Crippen molar-refractivity contribution in [3.63, 3.8) is 0 Å². The van der Waals surface area contributed by atoms with E-state index in [1.807, 2.05) is 0 Å². The third-order valence-electron chi connectivity index (χ3n) is 2.46. The predicted octanol–water partition coefficient (Wildman–Crippen LogP) is 0.104. The third kappa shape index (κ3) is 2.07. The van der Waals surface area contributed by atoms with E-state index in [1.54, 1.807) is 29.9 Å². The summed E-state index contributed by atoms with van der Waals surface area (Å²) in [7, 11) is 1.59. The number of hydrogen-bond acceptors (Lipinski definition) is 4. The normalized spacial score (nSPS) is 10.7. The van der Waals surface area contributed by atoms with Crippen LogP contribution in [-0.4, -0.2) is 50.6 Å². The number of aromatic nitrogens is 2. The molecule has 2 heterocycles. The second-order valence-electron chi connectivity index (χ2n) is 3.70. The van der Waals surface area contributed by atoms with Gasteiger partial charge in [-0.15, -0.1) is 0 Å². The Morgan fingerprint density at radius 2 is 2.35 bits per heavy atom. The van der Waals surface area contributed by atoms with E-state index in [-0.39, 0.29) is 30.5 Å². The monoisotopic (exact) mass is 235 g/mol. The summed E-state index contributed by atoms with van der Waals surface area (Å²) >= 11 is 0. The van der Waals surface area contributed by atoms with Crippen LogP contribution in [0.15, 0.2) is 24.5 Å². The molecule has 0 aliphatic rings. The van der Waals surface area contributed by atoms with Crippen molar-refractivity contribution in [2.24, 2.45) is 0 Å². The number of imidazole rings is 1. The summed E-state index contributed by atoms with van der Waals surface area (Å²) in [5.41, 5.74) is 0.579. The molecule has 0 bridgehead atoms. The van der Waals surface area contributed by atoms with Gasteiger partial charge in [0.25, 0.3) is 5.91 Å². The van der Waals surface area contributed by atoms with E-state index in [1.165, 1.54) is 11.0 Å². The number of amides is 1. The summed E-state index contributed by atoms with van der Waals surface area (Å²) in [5, 5.41) is 18.3. The number of carbonyl (C=O) groups excluding carboxylic acids is 1. The first kappa shape index (κ1) is 11.4. The number of aliphatic hydroxyl groups is 1. The molecular formula is C11H13N3O3. The zero-order valence-electron chi connectivity index (χ0n) is 9.37. The maximum atomic E-state index is 11.9. The van der Waals surface area contributed by atoms with Gasteiger partial charge >= 0.3 is 0 Å². The highest BCUT2D eigenvalue weighted by atomic mass is 16.3. The van der Waals surface area contributed by atoms with Crippen molar-refractivity contribution >= 4 is 11.6 Å². The van der Waals surface area contributed by atoms with Gasteiger partial charge in [0.2, 0.25) is 0 Å². The average molecular weight is 235 g/mol. The number of likely N-dealkylation sites (N-methyl/N-ethyl adjacent to an activating group) is 1. The van der Waals surface area contributed by atoms with Gasteiger partial charge in [0.15, 0.2) is 11.4 Å². The summed E-state index contributed by atoms with van der Waals surface area (Å²) in [4.78, 5) is 17.3. The van der Waals surface area contributed by atoms with E-state index < -0.39 is 0 Å². The molecule has 6 nitrogen and oxygen atoms in total. The lowest BCUT2D eigenvalue weighted by atomic mass is 10.4. The second-order valence-corrected chi connectivity index (χ2v) is 3.70. The van der Waals surface area contributed by atoms with E-state index in [2.05, 4.69) is 4.98 Å². The van der Waals surface area contributed by atoms with E-state index in [0.29, 0.717) is 5.65 Å². The Morgan fingerprint density at radius 3 is 3.00 bits per heavy atom. The third-order valence-corrected chi connectivity index (χ3v) is 2.46. The minimum Gasteiger partial charge on any atom is -0.504 e. The Balaban J connectivity index is 2.37. The van der Waals surface area contributed by atoms with Crippen LogP contribution in [0.2, 0.25) is 0 Å². The molecule has 0 aliphatic heterocycles. The van der Waals surface area contributed by atoms with Crippen LogP contribution in [0.5, 0.6) is 5.75 Å². The van der Waals surface area contributed by atoms with Gasteiger partial charge < -0.3 is 19.5 Å². The standard InChI is InChI=1S/C11H13N3O3/c1-13(5-6-15)11(17)8-7-14-4-2-3-9(16)10(14)12-8/h2-4,7,15-16H,5-6H2,1H3. The largest absolute Gasteiger partial charge is 0.504 e. The number of rotatable bonds is 3. The molecule has 2 rings (SSSR count). The second kappa shape index (κ2) is 4.42. The maximum absolute atomic E-state index is 11.9. The fourth-order valence-electron chi connectivity index (χ4n) is 1.55. The van der Waals surface area contributed by atoms with Crippen LogP contribution >= 0.6 is 0 Å². The Bertz CT molecular complexity index is 550. The molecule has 0 saturated carbocycles. The molecule has 2 aromatic heterocycles. The smallest absolute Gasteiger partial charge is 0.273 e. The predicted molar refractivity (Wildman–Crippen MR) is 60.9 cm³/mol. The molecule has 0 aromatic carbocycles. The molecule has 0 aliphatic carbocycles.